The van der Waals surface area contributed by atoms with E-state index in [1.54, 1.807) is 6.07 Å². The maximum absolute atomic E-state index is 13.3. The number of carbonyl (C=O) groups is 1. The Morgan fingerprint density at radius 2 is 1.53 bits per heavy atom. The first-order valence-corrected chi connectivity index (χ1v) is 12.6. The molecule has 3 saturated heterocycles. The largest absolute Gasteiger partial charge is 0.476 e. The number of amides is 1. The van der Waals surface area contributed by atoms with Crippen LogP contribution < -0.4 is 19.9 Å². The minimum Gasteiger partial charge on any atom is -0.476 e. The number of rotatable bonds is 8. The molecule has 3 fully saturated rings. The van der Waals surface area contributed by atoms with E-state index in [2.05, 4.69) is 25.1 Å². The highest BCUT2D eigenvalue weighted by molar-refractivity contribution is 6.03. The number of ether oxygens (including phenoxy) is 4. The van der Waals surface area contributed by atoms with E-state index in [0.29, 0.717) is 63.6 Å². The van der Waals surface area contributed by atoms with E-state index in [1.807, 2.05) is 29.2 Å². The van der Waals surface area contributed by atoms with Crippen LogP contribution in [-0.2, 0) is 14.2 Å². The molecule has 0 unspecified atom stereocenters. The minimum absolute atomic E-state index is 0.268. The molecule has 194 valence electrons. The topological polar surface area (TPSA) is 102 Å². The summed E-state index contributed by atoms with van der Waals surface area (Å²) < 4.78 is 22.3. The molecule has 1 aromatic heterocycles. The van der Waals surface area contributed by atoms with Gasteiger partial charge < -0.3 is 34.1 Å². The molecular weight excluding hydrogens is 464 g/mol. The number of hydrogen-bond donors (Lipinski definition) is 1. The number of aromatic nitrogens is 2. The predicted octanol–water partition coefficient (Wildman–Crippen LogP) is 1.11. The van der Waals surface area contributed by atoms with Gasteiger partial charge in [-0.2, -0.15) is 4.98 Å². The van der Waals surface area contributed by atoms with Gasteiger partial charge in [-0.15, -0.1) is 0 Å². The molecule has 0 atom stereocenters. The van der Waals surface area contributed by atoms with Crippen LogP contribution in [0.5, 0.6) is 5.88 Å². The molecule has 1 aromatic carbocycles. The standard InChI is InChI=1S/C25H34N6O5/c32-24(26-20-2-1-3-21(18-20)30-7-13-34-14-8-30)22-19-23(36-17-6-29-4-11-33-12-5-29)28-25(27-22)31-9-15-35-16-10-31/h1-3,18-19H,4-17H2,(H,26,32). The van der Waals surface area contributed by atoms with E-state index in [-0.39, 0.29) is 11.6 Å². The van der Waals surface area contributed by atoms with Crippen LogP contribution in [0.3, 0.4) is 0 Å². The van der Waals surface area contributed by atoms with Gasteiger partial charge in [0.25, 0.3) is 5.91 Å². The fourth-order valence-electron chi connectivity index (χ4n) is 4.41. The summed E-state index contributed by atoms with van der Waals surface area (Å²) in [5.74, 6) is 0.574. The van der Waals surface area contributed by atoms with E-state index < -0.39 is 0 Å². The average molecular weight is 499 g/mol. The molecule has 11 heteroatoms. The summed E-state index contributed by atoms with van der Waals surface area (Å²) in [4.78, 5) is 29.0. The van der Waals surface area contributed by atoms with E-state index in [0.717, 1.165) is 51.6 Å². The van der Waals surface area contributed by atoms with Gasteiger partial charge in [-0.25, -0.2) is 4.98 Å². The van der Waals surface area contributed by atoms with Crippen LogP contribution in [0.4, 0.5) is 17.3 Å². The van der Waals surface area contributed by atoms with Crippen LogP contribution in [-0.4, -0.2) is 113 Å². The number of benzene rings is 1. The zero-order chi connectivity index (χ0) is 24.6. The number of anilines is 3. The highest BCUT2D eigenvalue weighted by Crippen LogP contribution is 2.22. The van der Waals surface area contributed by atoms with E-state index in [4.69, 9.17) is 18.9 Å². The van der Waals surface area contributed by atoms with Crippen LogP contribution in [0.2, 0.25) is 0 Å². The lowest BCUT2D eigenvalue weighted by Gasteiger charge is -2.29. The first-order valence-electron chi connectivity index (χ1n) is 12.6. The molecule has 1 amide bonds. The van der Waals surface area contributed by atoms with Gasteiger partial charge in [0, 0.05) is 63.3 Å². The van der Waals surface area contributed by atoms with Crippen LogP contribution in [0.15, 0.2) is 30.3 Å². The third-order valence-electron chi connectivity index (χ3n) is 6.46. The molecule has 0 aliphatic carbocycles. The van der Waals surface area contributed by atoms with Crippen molar-refractivity contribution in [2.45, 2.75) is 0 Å². The number of carbonyl (C=O) groups excluding carboxylic acids is 1. The molecule has 36 heavy (non-hydrogen) atoms. The van der Waals surface area contributed by atoms with E-state index in [9.17, 15) is 4.79 Å². The molecule has 0 saturated carbocycles. The summed E-state index contributed by atoms with van der Waals surface area (Å²) >= 11 is 0. The summed E-state index contributed by atoms with van der Waals surface area (Å²) in [5, 5.41) is 2.99. The maximum Gasteiger partial charge on any atom is 0.274 e. The van der Waals surface area contributed by atoms with Crippen molar-refractivity contribution in [3.63, 3.8) is 0 Å². The van der Waals surface area contributed by atoms with E-state index in [1.165, 1.54) is 0 Å². The van der Waals surface area contributed by atoms with Crippen molar-refractivity contribution in [1.29, 1.82) is 0 Å². The molecule has 3 aliphatic rings. The number of nitrogens with zero attached hydrogens (tertiary/aromatic N) is 5. The van der Waals surface area contributed by atoms with Crippen molar-refractivity contribution in [3.8, 4) is 5.88 Å². The summed E-state index contributed by atoms with van der Waals surface area (Å²) in [6.45, 7) is 10.1. The first-order chi connectivity index (χ1) is 17.7. The first kappa shape index (κ1) is 24.7. The van der Waals surface area contributed by atoms with Gasteiger partial charge in [-0.05, 0) is 18.2 Å². The molecule has 4 heterocycles. The van der Waals surface area contributed by atoms with Crippen LogP contribution in [0.25, 0.3) is 0 Å². The fourth-order valence-corrected chi connectivity index (χ4v) is 4.41. The molecule has 11 nitrogen and oxygen atoms in total. The molecule has 0 spiro atoms. The highest BCUT2D eigenvalue weighted by atomic mass is 16.5. The average Bonchev–Trinajstić information content (AvgIpc) is 2.94. The van der Waals surface area contributed by atoms with Gasteiger partial charge in [0.1, 0.15) is 12.3 Å². The minimum atomic E-state index is -0.302. The third kappa shape index (κ3) is 6.61. The molecule has 0 radical (unpaired) electrons. The van der Waals surface area contributed by atoms with E-state index >= 15 is 0 Å². The van der Waals surface area contributed by atoms with Crippen LogP contribution in [0, 0.1) is 0 Å². The monoisotopic (exact) mass is 498 g/mol. The van der Waals surface area contributed by atoms with Gasteiger partial charge >= 0.3 is 0 Å². The third-order valence-corrected chi connectivity index (χ3v) is 6.46. The predicted molar refractivity (Wildman–Crippen MR) is 135 cm³/mol. The lowest BCUT2D eigenvalue weighted by molar-refractivity contribution is 0.0320. The van der Waals surface area contributed by atoms with Gasteiger partial charge in [0.15, 0.2) is 0 Å². The highest BCUT2D eigenvalue weighted by Gasteiger charge is 2.20. The molecule has 1 N–H and O–H groups in total. The van der Waals surface area contributed by atoms with Crippen molar-refractivity contribution in [3.05, 3.63) is 36.0 Å². The second-order valence-electron chi connectivity index (χ2n) is 8.90. The Morgan fingerprint density at radius 3 is 2.25 bits per heavy atom. The molecule has 2 aromatic rings. The maximum atomic E-state index is 13.3. The Labute approximate surface area is 211 Å². The van der Waals surface area contributed by atoms with Crippen LogP contribution in [0.1, 0.15) is 10.5 Å². The van der Waals surface area contributed by atoms with Crippen molar-refractivity contribution >= 4 is 23.2 Å². The zero-order valence-corrected chi connectivity index (χ0v) is 20.6. The Bertz CT molecular complexity index is 1010. The van der Waals surface area contributed by atoms with Crippen molar-refractivity contribution in [2.75, 3.05) is 107 Å². The van der Waals surface area contributed by atoms with Gasteiger partial charge in [-0.3, -0.25) is 9.69 Å². The Kier molecular flexibility index (Phi) is 8.44. The normalized spacial score (nSPS) is 19.2. The van der Waals surface area contributed by atoms with Crippen molar-refractivity contribution < 1.29 is 23.7 Å². The van der Waals surface area contributed by atoms with Gasteiger partial charge in [-0.1, -0.05) is 6.07 Å². The Hall–Kier alpha value is -2.99. The lowest BCUT2D eigenvalue weighted by atomic mass is 10.2. The van der Waals surface area contributed by atoms with Gasteiger partial charge in [0.2, 0.25) is 11.8 Å². The SMILES string of the molecule is O=C(Nc1cccc(N2CCOCC2)c1)c1cc(OCCN2CCOCC2)nc(N2CCOCC2)n1. The second-order valence-corrected chi connectivity index (χ2v) is 8.90. The van der Waals surface area contributed by atoms with Crippen molar-refractivity contribution in [1.82, 2.24) is 14.9 Å². The van der Waals surface area contributed by atoms with Gasteiger partial charge in [0.05, 0.1) is 39.6 Å². The Morgan fingerprint density at radius 1 is 0.861 bits per heavy atom. The Balaban J connectivity index is 1.29. The molecule has 5 rings (SSSR count). The lowest BCUT2D eigenvalue weighted by Crippen LogP contribution is -2.39. The number of hydrogen-bond acceptors (Lipinski definition) is 10. The number of morpholine rings is 3. The molecular formula is C25H34N6O5. The summed E-state index contributed by atoms with van der Waals surface area (Å²) in [6.07, 6.45) is 0. The fraction of sp³-hybridized carbons (Fsp3) is 0.560. The summed E-state index contributed by atoms with van der Waals surface area (Å²) in [7, 11) is 0. The smallest absolute Gasteiger partial charge is 0.274 e. The molecule has 3 aliphatic heterocycles. The summed E-state index contributed by atoms with van der Waals surface area (Å²) in [6, 6.07) is 9.46. The van der Waals surface area contributed by atoms with Crippen LogP contribution >= 0.6 is 0 Å². The second kappa shape index (κ2) is 12.3. The van der Waals surface area contributed by atoms with Crippen molar-refractivity contribution in [2.24, 2.45) is 0 Å². The molecule has 0 bridgehead atoms. The summed E-state index contributed by atoms with van der Waals surface area (Å²) in [5.41, 5.74) is 2.04. The number of nitrogens with one attached hydrogen (secondary N) is 1. The quantitative estimate of drug-likeness (QED) is 0.570. The zero-order valence-electron chi connectivity index (χ0n) is 20.6.